The molecular weight excluding hydrogens is 231 g/mol. The minimum atomic E-state index is -0.438. The summed E-state index contributed by atoms with van der Waals surface area (Å²) in [4.78, 5) is 0. The molecule has 1 aliphatic carbocycles. The Bertz CT molecular complexity index is 426. The van der Waals surface area contributed by atoms with Crippen LogP contribution in [0.25, 0.3) is 0 Å². The van der Waals surface area contributed by atoms with E-state index in [-0.39, 0.29) is 17.7 Å². The van der Waals surface area contributed by atoms with Crippen molar-refractivity contribution >= 4 is 5.84 Å². The van der Waals surface area contributed by atoms with E-state index in [9.17, 15) is 4.39 Å². The highest BCUT2D eigenvalue weighted by Crippen LogP contribution is 2.25. The monoisotopic (exact) mass is 250 g/mol. The zero-order valence-electron chi connectivity index (χ0n) is 10.4. The second-order valence-corrected chi connectivity index (χ2v) is 4.79. The first-order valence-electron chi connectivity index (χ1n) is 6.47. The molecule has 3 nitrogen and oxygen atoms in total. The standard InChI is InChI=1S/C14H19FN2O/c15-12-9-10(14(16)17)7-8-13(12)18-11-5-3-1-2-4-6-11/h7-9,11H,1-6H2,(H3,16,17). The third kappa shape index (κ3) is 3.22. The molecule has 1 aromatic carbocycles. The number of halogens is 1. The molecule has 1 saturated carbocycles. The summed E-state index contributed by atoms with van der Waals surface area (Å²) >= 11 is 0. The zero-order valence-corrected chi connectivity index (χ0v) is 10.4. The van der Waals surface area contributed by atoms with Gasteiger partial charge in [0.2, 0.25) is 0 Å². The minimum Gasteiger partial charge on any atom is -0.487 e. The molecule has 0 radical (unpaired) electrons. The van der Waals surface area contributed by atoms with E-state index in [1.54, 1.807) is 12.1 Å². The first kappa shape index (κ1) is 12.9. The van der Waals surface area contributed by atoms with Crippen molar-refractivity contribution < 1.29 is 9.13 Å². The molecule has 18 heavy (non-hydrogen) atoms. The highest BCUT2D eigenvalue weighted by atomic mass is 19.1. The summed E-state index contributed by atoms with van der Waals surface area (Å²) in [6, 6.07) is 4.45. The van der Waals surface area contributed by atoms with Crippen molar-refractivity contribution in [2.45, 2.75) is 44.6 Å². The van der Waals surface area contributed by atoms with Crippen molar-refractivity contribution in [3.05, 3.63) is 29.6 Å². The molecule has 0 aromatic heterocycles. The van der Waals surface area contributed by atoms with Gasteiger partial charge in [-0.15, -0.1) is 0 Å². The second kappa shape index (κ2) is 5.85. The van der Waals surface area contributed by atoms with Gasteiger partial charge in [0.25, 0.3) is 0 Å². The Balaban J connectivity index is 2.06. The van der Waals surface area contributed by atoms with Gasteiger partial charge in [-0.2, -0.15) is 0 Å². The second-order valence-electron chi connectivity index (χ2n) is 4.79. The average Bonchev–Trinajstić information content (AvgIpc) is 2.60. The number of rotatable bonds is 3. The van der Waals surface area contributed by atoms with Crippen LogP contribution in [0.3, 0.4) is 0 Å². The topological polar surface area (TPSA) is 59.1 Å². The van der Waals surface area contributed by atoms with E-state index >= 15 is 0 Å². The van der Waals surface area contributed by atoms with Gasteiger partial charge in [-0.25, -0.2) is 4.39 Å². The Kier molecular flexibility index (Phi) is 4.18. The molecule has 1 aromatic rings. The van der Waals surface area contributed by atoms with Crippen LogP contribution in [0.4, 0.5) is 4.39 Å². The maximum atomic E-state index is 13.8. The lowest BCUT2D eigenvalue weighted by molar-refractivity contribution is 0.176. The van der Waals surface area contributed by atoms with Gasteiger partial charge in [-0.05, 0) is 43.9 Å². The fraction of sp³-hybridized carbons (Fsp3) is 0.500. The lowest BCUT2D eigenvalue weighted by atomic mass is 10.1. The smallest absolute Gasteiger partial charge is 0.165 e. The first-order valence-corrected chi connectivity index (χ1v) is 6.47. The van der Waals surface area contributed by atoms with E-state index in [0.29, 0.717) is 5.56 Å². The van der Waals surface area contributed by atoms with Crippen LogP contribution >= 0.6 is 0 Å². The summed E-state index contributed by atoms with van der Waals surface area (Å²) < 4.78 is 19.5. The van der Waals surface area contributed by atoms with Crippen molar-refractivity contribution in [3.63, 3.8) is 0 Å². The molecule has 0 spiro atoms. The number of amidine groups is 1. The maximum absolute atomic E-state index is 13.8. The lowest BCUT2D eigenvalue weighted by Crippen LogP contribution is -2.16. The molecule has 98 valence electrons. The van der Waals surface area contributed by atoms with Crippen molar-refractivity contribution in [1.82, 2.24) is 0 Å². The fourth-order valence-corrected chi connectivity index (χ4v) is 2.30. The van der Waals surface area contributed by atoms with Crippen molar-refractivity contribution in [3.8, 4) is 5.75 Å². The van der Waals surface area contributed by atoms with Gasteiger partial charge in [0.05, 0.1) is 6.10 Å². The molecule has 3 N–H and O–H groups in total. The van der Waals surface area contributed by atoms with Crippen LogP contribution in [-0.4, -0.2) is 11.9 Å². The molecule has 1 fully saturated rings. The molecule has 0 aliphatic heterocycles. The Morgan fingerprint density at radius 3 is 2.44 bits per heavy atom. The zero-order chi connectivity index (χ0) is 13.0. The molecule has 0 saturated heterocycles. The van der Waals surface area contributed by atoms with E-state index in [4.69, 9.17) is 15.9 Å². The Hall–Kier alpha value is -1.58. The average molecular weight is 250 g/mol. The summed E-state index contributed by atoms with van der Waals surface area (Å²) in [7, 11) is 0. The molecule has 0 atom stereocenters. The van der Waals surface area contributed by atoms with Crippen LogP contribution in [0.1, 0.15) is 44.1 Å². The SMILES string of the molecule is N=C(N)c1ccc(OC2CCCCCC2)c(F)c1. The summed E-state index contributed by atoms with van der Waals surface area (Å²) in [5, 5.41) is 7.25. The first-order chi connectivity index (χ1) is 8.66. The number of hydrogen-bond donors (Lipinski definition) is 2. The predicted molar refractivity (Wildman–Crippen MR) is 69.5 cm³/mol. The summed E-state index contributed by atoms with van der Waals surface area (Å²) in [5.41, 5.74) is 5.70. The summed E-state index contributed by atoms with van der Waals surface area (Å²) in [5.74, 6) is -0.297. The highest BCUT2D eigenvalue weighted by Gasteiger charge is 2.16. The third-order valence-corrected chi connectivity index (χ3v) is 3.34. The number of nitrogens with one attached hydrogen (secondary N) is 1. The quantitative estimate of drug-likeness (QED) is 0.491. The van der Waals surface area contributed by atoms with Crippen molar-refractivity contribution in [2.75, 3.05) is 0 Å². The fourth-order valence-electron chi connectivity index (χ4n) is 2.30. The molecule has 0 bridgehead atoms. The van der Waals surface area contributed by atoms with Crippen LogP contribution in [0.2, 0.25) is 0 Å². The molecule has 4 heteroatoms. The van der Waals surface area contributed by atoms with E-state index in [1.807, 2.05) is 0 Å². The molecule has 0 heterocycles. The van der Waals surface area contributed by atoms with Crippen molar-refractivity contribution in [1.29, 1.82) is 5.41 Å². The van der Waals surface area contributed by atoms with Crippen LogP contribution in [0.5, 0.6) is 5.75 Å². The predicted octanol–water partition coefficient (Wildman–Crippen LogP) is 3.21. The number of benzene rings is 1. The van der Waals surface area contributed by atoms with E-state index in [1.165, 1.54) is 18.9 Å². The van der Waals surface area contributed by atoms with Gasteiger partial charge in [-0.3, -0.25) is 5.41 Å². The van der Waals surface area contributed by atoms with Gasteiger partial charge in [-0.1, -0.05) is 12.8 Å². The molecule has 1 aliphatic rings. The van der Waals surface area contributed by atoms with Gasteiger partial charge in [0.1, 0.15) is 5.84 Å². The maximum Gasteiger partial charge on any atom is 0.165 e. The highest BCUT2D eigenvalue weighted by molar-refractivity contribution is 5.95. The number of nitrogen functional groups attached to an aromatic ring is 1. The molecule has 0 unspecified atom stereocenters. The molecule has 2 rings (SSSR count). The van der Waals surface area contributed by atoms with Gasteiger partial charge in [0.15, 0.2) is 11.6 Å². The largest absolute Gasteiger partial charge is 0.487 e. The number of hydrogen-bond acceptors (Lipinski definition) is 2. The van der Waals surface area contributed by atoms with Crippen LogP contribution in [0.15, 0.2) is 18.2 Å². The van der Waals surface area contributed by atoms with Crippen molar-refractivity contribution in [2.24, 2.45) is 5.73 Å². The van der Waals surface area contributed by atoms with E-state index < -0.39 is 5.82 Å². The van der Waals surface area contributed by atoms with E-state index in [2.05, 4.69) is 0 Å². The van der Waals surface area contributed by atoms with E-state index in [0.717, 1.165) is 25.7 Å². The third-order valence-electron chi connectivity index (χ3n) is 3.34. The Morgan fingerprint density at radius 2 is 1.89 bits per heavy atom. The van der Waals surface area contributed by atoms with Crippen LogP contribution in [0, 0.1) is 11.2 Å². The Morgan fingerprint density at radius 1 is 1.22 bits per heavy atom. The molecule has 0 amide bonds. The minimum absolute atomic E-state index is 0.116. The Labute approximate surface area is 107 Å². The summed E-state index contributed by atoms with van der Waals surface area (Å²) in [6.45, 7) is 0. The number of ether oxygens (including phenoxy) is 1. The lowest BCUT2D eigenvalue weighted by Gasteiger charge is -2.17. The summed E-state index contributed by atoms with van der Waals surface area (Å²) in [6.07, 6.45) is 6.89. The molecular formula is C14H19FN2O. The van der Waals surface area contributed by atoms with Crippen LogP contribution < -0.4 is 10.5 Å². The van der Waals surface area contributed by atoms with Gasteiger partial charge in [0, 0.05) is 5.56 Å². The van der Waals surface area contributed by atoms with Gasteiger partial charge < -0.3 is 10.5 Å². The normalized spacial score (nSPS) is 17.2. The van der Waals surface area contributed by atoms with Crippen LogP contribution in [-0.2, 0) is 0 Å². The van der Waals surface area contributed by atoms with Gasteiger partial charge >= 0.3 is 0 Å². The number of nitrogens with two attached hydrogens (primary N) is 1.